The Hall–Kier alpha value is -2.16. The first-order valence-electron chi connectivity index (χ1n) is 6.57. The Morgan fingerprint density at radius 3 is 2.74 bits per heavy atom. The van der Waals surface area contributed by atoms with Crippen LogP contribution in [0.1, 0.15) is 12.0 Å². The van der Waals surface area contributed by atoms with Gasteiger partial charge in [0, 0.05) is 31.0 Å². The molecule has 1 amide bonds. The molecule has 0 aliphatic carbocycles. The van der Waals surface area contributed by atoms with Gasteiger partial charge in [-0.2, -0.15) is 0 Å². The molecular formula is C16H16N2O. The monoisotopic (exact) mass is 252 g/mol. The smallest absolute Gasteiger partial charge is 0.227 e. The fourth-order valence-electron chi connectivity index (χ4n) is 2.63. The summed E-state index contributed by atoms with van der Waals surface area (Å²) >= 11 is 0. The van der Waals surface area contributed by atoms with Crippen molar-refractivity contribution in [1.82, 2.24) is 4.98 Å². The highest BCUT2D eigenvalue weighted by Gasteiger charge is 2.30. The molecule has 0 spiro atoms. The number of hydrogen-bond donors (Lipinski definition) is 0. The second kappa shape index (κ2) is 5.22. The van der Waals surface area contributed by atoms with Gasteiger partial charge in [0.15, 0.2) is 0 Å². The molecule has 1 atom stereocenters. The van der Waals surface area contributed by atoms with Gasteiger partial charge in [-0.05, 0) is 36.1 Å². The van der Waals surface area contributed by atoms with E-state index in [4.69, 9.17) is 0 Å². The van der Waals surface area contributed by atoms with Crippen LogP contribution in [0.5, 0.6) is 0 Å². The van der Waals surface area contributed by atoms with Crippen LogP contribution in [0, 0.1) is 5.92 Å². The minimum atomic E-state index is 0.222. The second-order valence-corrected chi connectivity index (χ2v) is 4.98. The number of para-hydroxylation sites is 1. The van der Waals surface area contributed by atoms with Crippen molar-refractivity contribution in [3.63, 3.8) is 0 Å². The van der Waals surface area contributed by atoms with E-state index in [2.05, 4.69) is 11.1 Å². The van der Waals surface area contributed by atoms with Gasteiger partial charge in [-0.1, -0.05) is 24.3 Å². The Labute approximate surface area is 112 Å². The maximum atomic E-state index is 12.1. The van der Waals surface area contributed by atoms with Gasteiger partial charge < -0.3 is 4.90 Å². The molecule has 0 bridgehead atoms. The summed E-state index contributed by atoms with van der Waals surface area (Å²) < 4.78 is 0. The third kappa shape index (κ3) is 2.65. The predicted molar refractivity (Wildman–Crippen MR) is 74.8 cm³/mol. The molecule has 96 valence electrons. The van der Waals surface area contributed by atoms with Crippen molar-refractivity contribution in [3.05, 3.63) is 60.4 Å². The molecule has 1 unspecified atom stereocenters. The summed E-state index contributed by atoms with van der Waals surface area (Å²) in [5, 5.41) is 0. The van der Waals surface area contributed by atoms with Gasteiger partial charge in [-0.15, -0.1) is 0 Å². The van der Waals surface area contributed by atoms with Crippen molar-refractivity contribution in [1.29, 1.82) is 0 Å². The number of carbonyl (C=O) groups excluding carboxylic acids is 1. The van der Waals surface area contributed by atoms with E-state index < -0.39 is 0 Å². The number of carbonyl (C=O) groups is 1. The molecular weight excluding hydrogens is 236 g/mol. The number of benzene rings is 1. The van der Waals surface area contributed by atoms with Crippen molar-refractivity contribution in [2.75, 3.05) is 11.4 Å². The Morgan fingerprint density at radius 2 is 2.00 bits per heavy atom. The van der Waals surface area contributed by atoms with E-state index in [0.717, 1.165) is 18.7 Å². The first-order valence-corrected chi connectivity index (χ1v) is 6.57. The molecule has 1 saturated heterocycles. The molecule has 0 radical (unpaired) electrons. The molecule has 0 saturated carbocycles. The van der Waals surface area contributed by atoms with Crippen molar-refractivity contribution in [2.24, 2.45) is 5.92 Å². The number of aromatic nitrogens is 1. The van der Waals surface area contributed by atoms with E-state index in [1.54, 1.807) is 6.20 Å². The average molecular weight is 252 g/mol. The highest BCUT2D eigenvalue weighted by Crippen LogP contribution is 2.26. The number of amides is 1. The zero-order chi connectivity index (χ0) is 13.1. The quantitative estimate of drug-likeness (QED) is 0.841. The number of nitrogens with zero attached hydrogens (tertiary/aromatic N) is 2. The van der Waals surface area contributed by atoms with E-state index in [1.165, 1.54) is 5.56 Å². The lowest BCUT2D eigenvalue weighted by Crippen LogP contribution is -2.24. The summed E-state index contributed by atoms with van der Waals surface area (Å²) in [4.78, 5) is 18.1. The van der Waals surface area contributed by atoms with Crippen LogP contribution in [0.4, 0.5) is 5.69 Å². The third-order valence-corrected chi connectivity index (χ3v) is 3.52. The summed E-state index contributed by atoms with van der Waals surface area (Å²) in [6, 6.07) is 13.9. The van der Waals surface area contributed by atoms with Crippen LogP contribution in [-0.4, -0.2) is 17.4 Å². The van der Waals surface area contributed by atoms with Gasteiger partial charge >= 0.3 is 0 Å². The minimum absolute atomic E-state index is 0.222. The summed E-state index contributed by atoms with van der Waals surface area (Å²) in [6.45, 7) is 0.803. The van der Waals surface area contributed by atoms with Gasteiger partial charge in [0.25, 0.3) is 0 Å². The zero-order valence-electron chi connectivity index (χ0n) is 10.7. The van der Waals surface area contributed by atoms with Crippen molar-refractivity contribution < 1.29 is 4.79 Å². The second-order valence-electron chi connectivity index (χ2n) is 4.98. The normalized spacial score (nSPS) is 18.8. The Morgan fingerprint density at radius 1 is 1.16 bits per heavy atom. The van der Waals surface area contributed by atoms with Crippen LogP contribution in [0.15, 0.2) is 54.9 Å². The van der Waals surface area contributed by atoms with Gasteiger partial charge in [-0.25, -0.2) is 0 Å². The van der Waals surface area contributed by atoms with Gasteiger partial charge in [0.2, 0.25) is 5.91 Å². The molecule has 1 aromatic heterocycles. The van der Waals surface area contributed by atoms with Gasteiger partial charge in [0.1, 0.15) is 0 Å². The maximum Gasteiger partial charge on any atom is 0.227 e. The first-order chi connectivity index (χ1) is 9.33. The maximum absolute atomic E-state index is 12.1. The molecule has 0 N–H and O–H groups in total. The fraction of sp³-hybridized carbons (Fsp3) is 0.250. The predicted octanol–water partition coefficient (Wildman–Crippen LogP) is 2.68. The highest BCUT2D eigenvalue weighted by molar-refractivity contribution is 5.95. The van der Waals surface area contributed by atoms with E-state index in [0.29, 0.717) is 12.3 Å². The molecule has 1 aliphatic heterocycles. The largest absolute Gasteiger partial charge is 0.312 e. The van der Waals surface area contributed by atoms with Crippen LogP contribution >= 0.6 is 0 Å². The lowest BCUT2D eigenvalue weighted by atomic mass is 10.00. The average Bonchev–Trinajstić information content (AvgIpc) is 2.82. The van der Waals surface area contributed by atoms with Crippen molar-refractivity contribution in [3.8, 4) is 0 Å². The van der Waals surface area contributed by atoms with E-state index in [-0.39, 0.29) is 5.91 Å². The first kappa shape index (κ1) is 11.9. The van der Waals surface area contributed by atoms with Crippen LogP contribution in [0.2, 0.25) is 0 Å². The molecule has 3 heteroatoms. The number of anilines is 1. The lowest BCUT2D eigenvalue weighted by molar-refractivity contribution is -0.117. The minimum Gasteiger partial charge on any atom is -0.312 e. The molecule has 3 rings (SSSR count). The fourth-order valence-corrected chi connectivity index (χ4v) is 2.63. The topological polar surface area (TPSA) is 33.2 Å². The van der Waals surface area contributed by atoms with E-state index in [1.807, 2.05) is 47.5 Å². The SMILES string of the molecule is O=C1CC(Cc2cccnc2)CN1c1ccccc1. The van der Waals surface area contributed by atoms with E-state index >= 15 is 0 Å². The van der Waals surface area contributed by atoms with E-state index in [9.17, 15) is 4.79 Å². The lowest BCUT2D eigenvalue weighted by Gasteiger charge is -2.16. The molecule has 1 fully saturated rings. The van der Waals surface area contributed by atoms with Crippen LogP contribution in [0.25, 0.3) is 0 Å². The third-order valence-electron chi connectivity index (χ3n) is 3.52. The van der Waals surface area contributed by atoms with Crippen molar-refractivity contribution in [2.45, 2.75) is 12.8 Å². The standard InChI is InChI=1S/C16H16N2O/c19-16-10-14(9-13-5-4-8-17-11-13)12-18(16)15-6-2-1-3-7-15/h1-8,11,14H,9-10,12H2. The summed E-state index contributed by atoms with van der Waals surface area (Å²) in [6.07, 6.45) is 5.21. The Bertz CT molecular complexity index is 553. The van der Waals surface area contributed by atoms with Crippen LogP contribution in [-0.2, 0) is 11.2 Å². The molecule has 3 nitrogen and oxygen atoms in total. The Balaban J connectivity index is 1.70. The molecule has 1 aliphatic rings. The number of rotatable bonds is 3. The number of hydrogen-bond acceptors (Lipinski definition) is 2. The van der Waals surface area contributed by atoms with Crippen LogP contribution < -0.4 is 4.90 Å². The molecule has 2 heterocycles. The van der Waals surface area contributed by atoms with Crippen LogP contribution in [0.3, 0.4) is 0 Å². The highest BCUT2D eigenvalue weighted by atomic mass is 16.2. The molecule has 1 aromatic carbocycles. The molecule has 2 aromatic rings. The van der Waals surface area contributed by atoms with Gasteiger partial charge in [0.05, 0.1) is 0 Å². The summed E-state index contributed by atoms with van der Waals surface area (Å²) in [5.74, 6) is 0.608. The number of pyridine rings is 1. The zero-order valence-corrected chi connectivity index (χ0v) is 10.7. The van der Waals surface area contributed by atoms with Crippen molar-refractivity contribution >= 4 is 11.6 Å². The Kier molecular flexibility index (Phi) is 3.27. The van der Waals surface area contributed by atoms with Gasteiger partial charge in [-0.3, -0.25) is 9.78 Å². The molecule has 19 heavy (non-hydrogen) atoms. The summed E-state index contributed by atoms with van der Waals surface area (Å²) in [7, 11) is 0. The summed E-state index contributed by atoms with van der Waals surface area (Å²) in [5.41, 5.74) is 2.20.